The lowest BCUT2D eigenvalue weighted by molar-refractivity contribution is 0.151. The molecule has 1 aromatic rings. The van der Waals surface area contributed by atoms with Crippen LogP contribution in [-0.2, 0) is 4.74 Å². The summed E-state index contributed by atoms with van der Waals surface area (Å²) in [4.78, 5) is 11.2. The van der Waals surface area contributed by atoms with Gasteiger partial charge in [-0.25, -0.2) is 13.8 Å². The number of ether oxygens (including phenoxy) is 1. The van der Waals surface area contributed by atoms with Crippen molar-refractivity contribution in [2.24, 2.45) is 4.99 Å². The molecule has 3 aliphatic heterocycles. The lowest BCUT2D eigenvalue weighted by Crippen LogP contribution is -2.28. The number of aliphatic imine (C=N–C) groups is 1. The van der Waals surface area contributed by atoms with Gasteiger partial charge in [0.1, 0.15) is 5.82 Å². The van der Waals surface area contributed by atoms with E-state index in [4.69, 9.17) is 9.72 Å². The van der Waals surface area contributed by atoms with Crippen LogP contribution >= 0.6 is 0 Å². The van der Waals surface area contributed by atoms with Gasteiger partial charge in [0.25, 0.3) is 6.43 Å². The molecule has 7 heteroatoms. The molecule has 1 N–H and O–H groups in total. The molecule has 0 amide bonds. The quantitative estimate of drug-likeness (QED) is 0.894. The summed E-state index contributed by atoms with van der Waals surface area (Å²) in [7, 11) is 1.81. The van der Waals surface area contributed by atoms with Gasteiger partial charge in [-0.05, 0) is 31.9 Å². The zero-order valence-electron chi connectivity index (χ0n) is 14.9. The second kappa shape index (κ2) is 6.79. The first-order chi connectivity index (χ1) is 12.6. The van der Waals surface area contributed by atoms with Crippen molar-refractivity contribution in [2.45, 2.75) is 38.2 Å². The maximum absolute atomic E-state index is 13.5. The van der Waals surface area contributed by atoms with E-state index in [0.29, 0.717) is 24.6 Å². The maximum atomic E-state index is 13.5. The Bertz CT molecular complexity index is 797. The van der Waals surface area contributed by atoms with Crippen LogP contribution in [0.2, 0.25) is 0 Å². The van der Waals surface area contributed by atoms with Gasteiger partial charge in [-0.2, -0.15) is 0 Å². The molecule has 0 aliphatic carbocycles. The van der Waals surface area contributed by atoms with Gasteiger partial charge in [0.05, 0.1) is 24.3 Å². The Labute approximate surface area is 151 Å². The highest BCUT2D eigenvalue weighted by molar-refractivity contribution is 5.79. The zero-order valence-corrected chi connectivity index (χ0v) is 14.9. The van der Waals surface area contributed by atoms with Crippen LogP contribution in [0.15, 0.2) is 34.7 Å². The standard InChI is InChI=1S/C19H22F2N4O/c1-11-5-14(17-8-18(22-2)23-10-25(11)17)16-7-13(19(20)21)6-15(24-16)12-3-4-26-9-12/h6-8,10-12,19,22H,3-5,9H2,1-2H3. The van der Waals surface area contributed by atoms with Gasteiger partial charge in [0.2, 0.25) is 0 Å². The van der Waals surface area contributed by atoms with Gasteiger partial charge < -0.3 is 15.0 Å². The Kier molecular flexibility index (Phi) is 4.48. The van der Waals surface area contributed by atoms with Gasteiger partial charge in [0.15, 0.2) is 0 Å². The summed E-state index contributed by atoms with van der Waals surface area (Å²) in [5, 5.41) is 3.03. The molecule has 1 saturated heterocycles. The third kappa shape index (κ3) is 3.00. The average Bonchev–Trinajstić information content (AvgIpc) is 3.29. The number of pyridine rings is 1. The second-order valence-corrected chi connectivity index (χ2v) is 6.92. The van der Waals surface area contributed by atoms with Gasteiger partial charge in [-0.1, -0.05) is 0 Å². The number of fused-ring (bicyclic) bond motifs is 1. The zero-order chi connectivity index (χ0) is 18.3. The van der Waals surface area contributed by atoms with E-state index in [1.54, 1.807) is 6.34 Å². The Balaban J connectivity index is 1.81. The Morgan fingerprint density at radius 2 is 2.19 bits per heavy atom. The molecule has 26 heavy (non-hydrogen) atoms. The fourth-order valence-corrected chi connectivity index (χ4v) is 3.72. The first kappa shape index (κ1) is 17.1. The van der Waals surface area contributed by atoms with E-state index in [9.17, 15) is 8.78 Å². The predicted molar refractivity (Wildman–Crippen MR) is 95.8 cm³/mol. The van der Waals surface area contributed by atoms with Crippen molar-refractivity contribution >= 4 is 11.9 Å². The molecular weight excluding hydrogens is 338 g/mol. The summed E-state index contributed by atoms with van der Waals surface area (Å²) in [6.45, 7) is 3.30. The van der Waals surface area contributed by atoms with Crippen LogP contribution in [0.4, 0.5) is 8.78 Å². The van der Waals surface area contributed by atoms with Gasteiger partial charge in [-0.15, -0.1) is 0 Å². The van der Waals surface area contributed by atoms with E-state index in [1.165, 1.54) is 12.1 Å². The first-order valence-electron chi connectivity index (χ1n) is 8.90. The molecule has 0 bridgehead atoms. The minimum Gasteiger partial charge on any atom is -0.381 e. The highest BCUT2D eigenvalue weighted by atomic mass is 19.3. The number of aromatic nitrogens is 1. The summed E-state index contributed by atoms with van der Waals surface area (Å²) in [5.41, 5.74) is 3.33. The van der Waals surface area contributed by atoms with Crippen molar-refractivity contribution in [3.8, 4) is 0 Å². The van der Waals surface area contributed by atoms with Crippen LogP contribution in [0.1, 0.15) is 49.1 Å². The molecule has 0 radical (unpaired) electrons. The molecule has 3 aliphatic rings. The number of hydrogen-bond donors (Lipinski definition) is 1. The molecular formula is C19H22F2N4O. The lowest BCUT2D eigenvalue weighted by atomic mass is 9.99. The van der Waals surface area contributed by atoms with Crippen molar-refractivity contribution in [2.75, 3.05) is 20.3 Å². The number of nitrogens with zero attached hydrogens (tertiary/aromatic N) is 3. The van der Waals surface area contributed by atoms with Gasteiger partial charge in [-0.3, -0.25) is 4.98 Å². The first-order valence-corrected chi connectivity index (χ1v) is 8.90. The molecule has 5 nitrogen and oxygen atoms in total. The van der Waals surface area contributed by atoms with Crippen molar-refractivity contribution in [1.82, 2.24) is 15.2 Å². The van der Waals surface area contributed by atoms with Crippen LogP contribution in [0.3, 0.4) is 0 Å². The molecule has 138 valence electrons. The summed E-state index contributed by atoms with van der Waals surface area (Å²) in [5.74, 6) is 0.835. The average molecular weight is 360 g/mol. The fraction of sp³-hybridized carbons (Fsp3) is 0.474. The van der Waals surface area contributed by atoms with E-state index in [-0.39, 0.29) is 17.5 Å². The highest BCUT2D eigenvalue weighted by Gasteiger charge is 2.31. The second-order valence-electron chi connectivity index (χ2n) is 6.92. The summed E-state index contributed by atoms with van der Waals surface area (Å²) < 4.78 is 32.4. The largest absolute Gasteiger partial charge is 0.381 e. The van der Waals surface area contributed by atoms with E-state index >= 15 is 0 Å². The molecule has 0 saturated carbocycles. The molecule has 2 unspecified atom stereocenters. The van der Waals surface area contributed by atoms with Crippen LogP contribution in [0.5, 0.6) is 0 Å². The monoisotopic (exact) mass is 360 g/mol. The van der Waals surface area contributed by atoms with Crippen molar-refractivity contribution in [3.63, 3.8) is 0 Å². The van der Waals surface area contributed by atoms with Crippen molar-refractivity contribution in [3.05, 3.63) is 46.7 Å². The number of alkyl halides is 2. The summed E-state index contributed by atoms with van der Waals surface area (Å²) in [6.07, 6.45) is 2.80. The summed E-state index contributed by atoms with van der Waals surface area (Å²) >= 11 is 0. The highest BCUT2D eigenvalue weighted by Crippen LogP contribution is 2.38. The number of nitrogens with one attached hydrogen (secondary N) is 1. The molecule has 2 atom stereocenters. The number of rotatable bonds is 4. The number of hydrogen-bond acceptors (Lipinski definition) is 5. The van der Waals surface area contributed by atoms with Crippen molar-refractivity contribution in [1.29, 1.82) is 0 Å². The maximum Gasteiger partial charge on any atom is 0.263 e. The van der Waals surface area contributed by atoms with Crippen molar-refractivity contribution < 1.29 is 13.5 Å². The number of allylic oxidation sites excluding steroid dienone is 1. The van der Waals surface area contributed by atoms with E-state index in [2.05, 4.69) is 22.1 Å². The Morgan fingerprint density at radius 3 is 2.88 bits per heavy atom. The number of halogens is 2. The van der Waals surface area contributed by atoms with E-state index < -0.39 is 6.43 Å². The molecule has 4 heterocycles. The van der Waals surface area contributed by atoms with Crippen LogP contribution in [0, 0.1) is 0 Å². The summed E-state index contributed by atoms with van der Waals surface area (Å²) in [6, 6.07) is 3.28. The lowest BCUT2D eigenvalue weighted by Gasteiger charge is -2.24. The third-order valence-corrected chi connectivity index (χ3v) is 5.19. The normalized spacial score (nSPS) is 25.1. The van der Waals surface area contributed by atoms with E-state index in [0.717, 1.165) is 29.9 Å². The topological polar surface area (TPSA) is 49.8 Å². The van der Waals surface area contributed by atoms with Gasteiger partial charge in [0, 0.05) is 48.5 Å². The fourth-order valence-electron chi connectivity index (χ4n) is 3.72. The Morgan fingerprint density at radius 1 is 1.35 bits per heavy atom. The Hall–Kier alpha value is -2.28. The molecule has 0 spiro atoms. The predicted octanol–water partition coefficient (Wildman–Crippen LogP) is 3.43. The molecule has 1 fully saturated rings. The smallest absolute Gasteiger partial charge is 0.263 e. The van der Waals surface area contributed by atoms with Gasteiger partial charge >= 0.3 is 0 Å². The molecule has 0 aromatic carbocycles. The molecule has 1 aromatic heterocycles. The van der Waals surface area contributed by atoms with Crippen LogP contribution in [-0.4, -0.2) is 42.5 Å². The van der Waals surface area contributed by atoms with E-state index in [1.807, 2.05) is 13.1 Å². The third-order valence-electron chi connectivity index (χ3n) is 5.19. The minimum absolute atomic E-state index is 0.0263. The molecule has 4 rings (SSSR count). The van der Waals surface area contributed by atoms with Crippen LogP contribution < -0.4 is 5.32 Å². The minimum atomic E-state index is -2.52. The SMILES string of the molecule is CNC1=CC2=C(c3cc(C(F)F)cc(C4CCOC4)n3)CC(C)N2C=N1. The van der Waals surface area contributed by atoms with Crippen LogP contribution in [0.25, 0.3) is 5.57 Å².